The summed E-state index contributed by atoms with van der Waals surface area (Å²) in [5.41, 5.74) is 0. The van der Waals surface area contributed by atoms with Crippen LogP contribution in [0.5, 0.6) is 0 Å². The molecule has 18 heavy (non-hydrogen) atoms. The maximum Gasteiger partial charge on any atom is 0.236 e. The number of likely N-dealkylation sites (tertiary alicyclic amines) is 1. The summed E-state index contributed by atoms with van der Waals surface area (Å²) in [5, 5.41) is 2.95. The van der Waals surface area contributed by atoms with Crippen molar-refractivity contribution >= 4 is 11.8 Å². The molecule has 0 radical (unpaired) electrons. The Balaban J connectivity index is 2.20. The molecule has 5 heteroatoms. The summed E-state index contributed by atoms with van der Waals surface area (Å²) in [6.07, 6.45) is 3.42. The van der Waals surface area contributed by atoms with Crippen molar-refractivity contribution in [1.82, 2.24) is 15.1 Å². The highest BCUT2D eigenvalue weighted by atomic mass is 16.2. The fraction of sp³-hybridized carbons (Fsp3) is 0.846. The zero-order chi connectivity index (χ0) is 13.4. The lowest BCUT2D eigenvalue weighted by Crippen LogP contribution is -2.44. The minimum absolute atomic E-state index is 0.0615. The van der Waals surface area contributed by atoms with E-state index in [1.54, 1.807) is 4.90 Å². The molecule has 0 aliphatic carbocycles. The molecule has 0 spiro atoms. The molecule has 0 atom stereocenters. The van der Waals surface area contributed by atoms with Crippen molar-refractivity contribution in [2.45, 2.75) is 33.1 Å². The van der Waals surface area contributed by atoms with Crippen LogP contribution in [-0.2, 0) is 9.59 Å². The number of hydrogen-bond donors (Lipinski definition) is 1. The summed E-state index contributed by atoms with van der Waals surface area (Å²) < 4.78 is 0. The summed E-state index contributed by atoms with van der Waals surface area (Å²) in [6, 6.07) is 0. The first kappa shape index (κ1) is 15.0. The molecular formula is C13H25N3O2. The van der Waals surface area contributed by atoms with Gasteiger partial charge in [0.05, 0.1) is 13.1 Å². The Morgan fingerprint density at radius 1 is 1.06 bits per heavy atom. The van der Waals surface area contributed by atoms with E-state index in [0.29, 0.717) is 0 Å². The van der Waals surface area contributed by atoms with E-state index < -0.39 is 0 Å². The Bertz CT molecular complexity index is 271. The van der Waals surface area contributed by atoms with Crippen LogP contribution in [0.1, 0.15) is 33.1 Å². The Morgan fingerprint density at radius 3 is 2.22 bits per heavy atom. The van der Waals surface area contributed by atoms with Gasteiger partial charge in [-0.1, -0.05) is 0 Å². The summed E-state index contributed by atoms with van der Waals surface area (Å²) in [4.78, 5) is 27.2. The van der Waals surface area contributed by atoms with Crippen LogP contribution in [0, 0.1) is 0 Å². The van der Waals surface area contributed by atoms with Gasteiger partial charge in [-0.3, -0.25) is 14.9 Å². The van der Waals surface area contributed by atoms with Crippen LogP contribution in [0.25, 0.3) is 0 Å². The van der Waals surface area contributed by atoms with Crippen LogP contribution >= 0.6 is 0 Å². The minimum atomic E-state index is 0.0615. The average molecular weight is 255 g/mol. The molecule has 0 saturated carbocycles. The molecule has 0 aromatic rings. The quantitative estimate of drug-likeness (QED) is 0.750. The van der Waals surface area contributed by atoms with Crippen molar-refractivity contribution in [2.75, 3.05) is 39.3 Å². The van der Waals surface area contributed by atoms with E-state index in [0.717, 1.165) is 39.0 Å². The Hall–Kier alpha value is -1.10. The predicted octanol–water partition coefficient (Wildman–Crippen LogP) is 0.457. The molecule has 1 aliphatic heterocycles. The number of nitrogens with zero attached hydrogens (tertiary/aromatic N) is 2. The van der Waals surface area contributed by atoms with E-state index in [2.05, 4.69) is 5.32 Å². The number of hydrogen-bond acceptors (Lipinski definition) is 3. The van der Waals surface area contributed by atoms with Crippen LogP contribution in [0.3, 0.4) is 0 Å². The smallest absolute Gasteiger partial charge is 0.236 e. The Kier molecular flexibility index (Phi) is 6.72. The molecule has 0 aromatic carbocycles. The van der Waals surface area contributed by atoms with Gasteiger partial charge in [-0.2, -0.15) is 0 Å². The van der Waals surface area contributed by atoms with Gasteiger partial charge in [-0.15, -0.1) is 0 Å². The van der Waals surface area contributed by atoms with Gasteiger partial charge < -0.3 is 9.80 Å². The molecule has 1 aliphatic rings. The third kappa shape index (κ3) is 4.64. The highest BCUT2D eigenvalue weighted by Crippen LogP contribution is 2.08. The molecule has 1 rings (SSSR count). The monoisotopic (exact) mass is 255 g/mol. The summed E-state index contributed by atoms with van der Waals surface area (Å²) >= 11 is 0. The molecule has 0 unspecified atom stereocenters. The van der Waals surface area contributed by atoms with Gasteiger partial charge in [0.1, 0.15) is 0 Å². The fourth-order valence-corrected chi connectivity index (χ4v) is 2.22. The first-order valence-corrected chi connectivity index (χ1v) is 6.95. The van der Waals surface area contributed by atoms with E-state index >= 15 is 0 Å². The Morgan fingerprint density at radius 2 is 1.67 bits per heavy atom. The second-order valence-corrected chi connectivity index (χ2v) is 4.61. The van der Waals surface area contributed by atoms with Gasteiger partial charge in [0.2, 0.25) is 11.8 Å². The molecule has 1 heterocycles. The number of carbonyl (C=O) groups is 2. The van der Waals surface area contributed by atoms with Crippen molar-refractivity contribution < 1.29 is 9.59 Å². The number of nitrogens with one attached hydrogen (secondary N) is 1. The lowest BCUT2D eigenvalue weighted by molar-refractivity contribution is -0.132. The topological polar surface area (TPSA) is 52.7 Å². The zero-order valence-corrected chi connectivity index (χ0v) is 11.6. The van der Waals surface area contributed by atoms with Crippen LogP contribution in [-0.4, -0.2) is 60.9 Å². The zero-order valence-electron chi connectivity index (χ0n) is 11.6. The maximum atomic E-state index is 11.8. The van der Waals surface area contributed by atoms with Crippen LogP contribution in [0.15, 0.2) is 0 Å². The highest BCUT2D eigenvalue weighted by Gasteiger charge is 2.16. The standard InChI is InChI=1S/C13H25N3O2/c1-3-15(4-2)12(17)10-14-11-13(18)16-8-6-5-7-9-16/h14H,3-11H2,1-2H3. The molecule has 1 N–H and O–H groups in total. The van der Waals surface area contributed by atoms with Gasteiger partial charge >= 0.3 is 0 Å². The van der Waals surface area contributed by atoms with Crippen molar-refractivity contribution in [3.8, 4) is 0 Å². The van der Waals surface area contributed by atoms with Crippen molar-refractivity contribution in [2.24, 2.45) is 0 Å². The number of likely N-dealkylation sites (N-methyl/N-ethyl adjacent to an activating group) is 1. The molecule has 1 saturated heterocycles. The third-order valence-electron chi connectivity index (χ3n) is 3.38. The van der Waals surface area contributed by atoms with E-state index in [1.165, 1.54) is 6.42 Å². The largest absolute Gasteiger partial charge is 0.342 e. The second-order valence-electron chi connectivity index (χ2n) is 4.61. The van der Waals surface area contributed by atoms with Crippen LogP contribution in [0.2, 0.25) is 0 Å². The lowest BCUT2D eigenvalue weighted by atomic mass is 10.1. The SMILES string of the molecule is CCN(CC)C(=O)CNCC(=O)N1CCCCC1. The van der Waals surface area contributed by atoms with E-state index in [4.69, 9.17) is 0 Å². The summed E-state index contributed by atoms with van der Waals surface area (Å²) in [5.74, 6) is 0.175. The molecular weight excluding hydrogens is 230 g/mol. The molecule has 104 valence electrons. The number of piperidine rings is 1. The van der Waals surface area contributed by atoms with Gasteiger partial charge in [-0.05, 0) is 33.1 Å². The second kappa shape index (κ2) is 8.08. The van der Waals surface area contributed by atoms with E-state index in [1.807, 2.05) is 18.7 Å². The van der Waals surface area contributed by atoms with Crippen molar-refractivity contribution in [3.05, 3.63) is 0 Å². The molecule has 2 amide bonds. The van der Waals surface area contributed by atoms with E-state index in [9.17, 15) is 9.59 Å². The fourth-order valence-electron chi connectivity index (χ4n) is 2.22. The van der Waals surface area contributed by atoms with E-state index in [-0.39, 0.29) is 24.9 Å². The third-order valence-corrected chi connectivity index (χ3v) is 3.38. The molecule has 1 fully saturated rings. The summed E-state index contributed by atoms with van der Waals surface area (Å²) in [7, 11) is 0. The number of rotatable bonds is 6. The normalized spacial score (nSPS) is 15.6. The van der Waals surface area contributed by atoms with Gasteiger partial charge in [0.15, 0.2) is 0 Å². The van der Waals surface area contributed by atoms with Crippen molar-refractivity contribution in [3.63, 3.8) is 0 Å². The summed E-state index contributed by atoms with van der Waals surface area (Å²) in [6.45, 7) is 7.61. The Labute approximate surface area is 110 Å². The average Bonchev–Trinajstić information content (AvgIpc) is 2.41. The molecule has 0 bridgehead atoms. The van der Waals surface area contributed by atoms with Crippen LogP contribution < -0.4 is 5.32 Å². The maximum absolute atomic E-state index is 11.8. The lowest BCUT2D eigenvalue weighted by Gasteiger charge is -2.27. The predicted molar refractivity (Wildman–Crippen MR) is 71.2 cm³/mol. The van der Waals surface area contributed by atoms with Gasteiger partial charge in [0, 0.05) is 26.2 Å². The molecule has 5 nitrogen and oxygen atoms in total. The van der Waals surface area contributed by atoms with Crippen LogP contribution in [0.4, 0.5) is 0 Å². The van der Waals surface area contributed by atoms with Gasteiger partial charge in [0.25, 0.3) is 0 Å². The highest BCUT2D eigenvalue weighted by molar-refractivity contribution is 5.81. The number of carbonyl (C=O) groups excluding carboxylic acids is 2. The molecule has 0 aromatic heterocycles. The van der Waals surface area contributed by atoms with Crippen molar-refractivity contribution in [1.29, 1.82) is 0 Å². The van der Waals surface area contributed by atoms with Gasteiger partial charge in [-0.25, -0.2) is 0 Å². The number of amides is 2. The first-order chi connectivity index (χ1) is 8.69. The minimum Gasteiger partial charge on any atom is -0.342 e. The first-order valence-electron chi connectivity index (χ1n) is 6.95.